The highest BCUT2D eigenvalue weighted by atomic mass is 16.3. The Balaban J connectivity index is 1.76. The van der Waals surface area contributed by atoms with Crippen LogP contribution in [0.1, 0.15) is 18.7 Å². The molecule has 3 N–H and O–H groups in total. The van der Waals surface area contributed by atoms with Crippen LogP contribution in [0.2, 0.25) is 0 Å². The van der Waals surface area contributed by atoms with E-state index >= 15 is 0 Å². The highest BCUT2D eigenvalue weighted by Gasteiger charge is 2.41. The van der Waals surface area contributed by atoms with Gasteiger partial charge in [0.2, 0.25) is 0 Å². The van der Waals surface area contributed by atoms with Gasteiger partial charge in [0.1, 0.15) is 5.82 Å². The fraction of sp³-hybridized carbons (Fsp3) is 0.462. The highest BCUT2D eigenvalue weighted by Crippen LogP contribution is 2.44. The molecule has 1 aromatic heterocycles. The van der Waals surface area contributed by atoms with E-state index in [1.54, 1.807) is 0 Å². The summed E-state index contributed by atoms with van der Waals surface area (Å²) < 4.78 is 0. The number of rotatable bonds is 4. The summed E-state index contributed by atoms with van der Waals surface area (Å²) in [5.74, 6) is 0.936. The lowest BCUT2D eigenvalue weighted by Crippen LogP contribution is -2.18. The molecule has 3 rings (SSSR count). The number of H-pyrrole nitrogens is 1. The van der Waals surface area contributed by atoms with Crippen LogP contribution in [0.15, 0.2) is 18.2 Å². The van der Waals surface area contributed by atoms with Crippen LogP contribution in [0.3, 0.4) is 0 Å². The molecular formula is C13H17N3O. The number of hydrogen-bond donors (Lipinski definition) is 3. The number of aryl methyl sites for hydroxylation is 1. The topological polar surface area (TPSA) is 60.9 Å². The van der Waals surface area contributed by atoms with Crippen molar-refractivity contribution in [3.8, 4) is 0 Å². The number of aromatic amines is 1. The minimum absolute atomic E-state index is 0.138. The van der Waals surface area contributed by atoms with Gasteiger partial charge in [0.25, 0.3) is 0 Å². The second kappa shape index (κ2) is 3.74. The van der Waals surface area contributed by atoms with Gasteiger partial charge in [0.15, 0.2) is 0 Å². The van der Waals surface area contributed by atoms with E-state index in [1.165, 1.54) is 0 Å². The number of nitrogens with zero attached hydrogens (tertiary/aromatic N) is 1. The maximum Gasteiger partial charge on any atom is 0.104 e. The van der Waals surface area contributed by atoms with Gasteiger partial charge < -0.3 is 15.4 Å². The van der Waals surface area contributed by atoms with E-state index < -0.39 is 0 Å². The number of hydrogen-bond acceptors (Lipinski definition) is 3. The zero-order valence-electron chi connectivity index (χ0n) is 9.95. The smallest absolute Gasteiger partial charge is 0.104 e. The van der Waals surface area contributed by atoms with Crippen LogP contribution in [0, 0.1) is 12.3 Å². The second-order valence-electron chi connectivity index (χ2n) is 5.07. The summed E-state index contributed by atoms with van der Waals surface area (Å²) in [6.07, 6.45) is 2.25. The fourth-order valence-corrected chi connectivity index (χ4v) is 2.10. The molecule has 90 valence electrons. The van der Waals surface area contributed by atoms with E-state index in [0.29, 0.717) is 0 Å². The van der Waals surface area contributed by atoms with Crippen LogP contribution in [0.25, 0.3) is 11.0 Å². The van der Waals surface area contributed by atoms with Crippen LogP contribution in [0.5, 0.6) is 0 Å². The average Bonchev–Trinajstić information content (AvgIpc) is 3.01. The number of aliphatic hydroxyl groups is 1. The minimum atomic E-state index is 0.138. The first-order valence-corrected chi connectivity index (χ1v) is 6.02. The third-order valence-corrected chi connectivity index (χ3v) is 3.56. The molecule has 1 heterocycles. The lowest BCUT2D eigenvalue weighted by atomic mass is 10.1. The predicted molar refractivity (Wildman–Crippen MR) is 68.1 cm³/mol. The molecule has 4 nitrogen and oxygen atoms in total. The van der Waals surface area contributed by atoms with Crippen molar-refractivity contribution >= 4 is 16.7 Å². The molecule has 0 atom stereocenters. The normalized spacial score (nSPS) is 17.3. The molecule has 1 saturated carbocycles. The summed E-state index contributed by atoms with van der Waals surface area (Å²) in [5.41, 5.74) is 3.28. The van der Waals surface area contributed by atoms with Gasteiger partial charge in [0.05, 0.1) is 17.6 Å². The van der Waals surface area contributed by atoms with Crippen molar-refractivity contribution in [3.63, 3.8) is 0 Å². The number of fused-ring (bicyclic) bond motifs is 1. The molecule has 0 spiro atoms. The van der Waals surface area contributed by atoms with Crippen LogP contribution < -0.4 is 5.32 Å². The Kier molecular flexibility index (Phi) is 2.33. The Morgan fingerprint density at radius 3 is 3.00 bits per heavy atom. The first-order chi connectivity index (χ1) is 8.21. The minimum Gasteiger partial charge on any atom is -0.396 e. The van der Waals surface area contributed by atoms with Gasteiger partial charge in [-0.1, -0.05) is 0 Å². The molecule has 1 aliphatic rings. The first kappa shape index (κ1) is 10.6. The maximum absolute atomic E-state index is 9.25. The Morgan fingerprint density at radius 2 is 2.29 bits per heavy atom. The fourth-order valence-electron chi connectivity index (χ4n) is 2.10. The van der Waals surface area contributed by atoms with Crippen molar-refractivity contribution < 1.29 is 5.11 Å². The Bertz CT molecular complexity index is 543. The molecule has 1 aromatic carbocycles. The summed E-state index contributed by atoms with van der Waals surface area (Å²) >= 11 is 0. The average molecular weight is 231 g/mol. The SMILES string of the molecule is Cc1nc2ccc(NCC3(CO)CC3)cc2[nH]1. The molecule has 1 aliphatic carbocycles. The van der Waals surface area contributed by atoms with Crippen LogP contribution in [-0.2, 0) is 0 Å². The first-order valence-electron chi connectivity index (χ1n) is 6.02. The molecule has 1 fully saturated rings. The lowest BCUT2D eigenvalue weighted by molar-refractivity contribution is 0.220. The van der Waals surface area contributed by atoms with E-state index in [-0.39, 0.29) is 12.0 Å². The molecule has 0 aliphatic heterocycles. The van der Waals surface area contributed by atoms with E-state index in [0.717, 1.165) is 41.9 Å². The van der Waals surface area contributed by atoms with Crippen LogP contribution in [0.4, 0.5) is 5.69 Å². The molecule has 0 saturated heterocycles. The predicted octanol–water partition coefficient (Wildman–Crippen LogP) is 2.06. The van der Waals surface area contributed by atoms with Crippen molar-refractivity contribution in [1.82, 2.24) is 9.97 Å². The zero-order valence-corrected chi connectivity index (χ0v) is 9.95. The van der Waals surface area contributed by atoms with Crippen molar-refractivity contribution in [3.05, 3.63) is 24.0 Å². The number of nitrogens with one attached hydrogen (secondary N) is 2. The Morgan fingerprint density at radius 1 is 1.47 bits per heavy atom. The van der Waals surface area contributed by atoms with Crippen molar-refractivity contribution in [2.75, 3.05) is 18.5 Å². The summed E-state index contributed by atoms with van der Waals surface area (Å²) in [6.45, 7) is 3.09. The van der Waals surface area contributed by atoms with Crippen molar-refractivity contribution in [1.29, 1.82) is 0 Å². The van der Waals surface area contributed by atoms with Gasteiger partial charge in [-0.15, -0.1) is 0 Å². The largest absolute Gasteiger partial charge is 0.396 e. The summed E-state index contributed by atoms with van der Waals surface area (Å²) in [7, 11) is 0. The van der Waals surface area contributed by atoms with Gasteiger partial charge in [-0.05, 0) is 38.0 Å². The van der Waals surface area contributed by atoms with Crippen molar-refractivity contribution in [2.24, 2.45) is 5.41 Å². The van der Waals surface area contributed by atoms with Gasteiger partial charge in [-0.3, -0.25) is 0 Å². The monoisotopic (exact) mass is 231 g/mol. The standard InChI is InChI=1S/C13H17N3O/c1-9-15-11-3-2-10(6-12(11)16-9)14-7-13(8-17)4-5-13/h2-3,6,14,17H,4-5,7-8H2,1H3,(H,15,16). The van der Waals surface area contributed by atoms with Crippen molar-refractivity contribution in [2.45, 2.75) is 19.8 Å². The van der Waals surface area contributed by atoms with E-state index in [9.17, 15) is 5.11 Å². The van der Waals surface area contributed by atoms with Gasteiger partial charge in [-0.2, -0.15) is 0 Å². The summed E-state index contributed by atoms with van der Waals surface area (Å²) in [4.78, 5) is 7.59. The Labute approximate surface area is 100 Å². The van der Waals surface area contributed by atoms with Gasteiger partial charge >= 0.3 is 0 Å². The van der Waals surface area contributed by atoms with Crippen LogP contribution >= 0.6 is 0 Å². The molecule has 2 aromatic rings. The van der Waals surface area contributed by atoms with E-state index in [2.05, 4.69) is 21.4 Å². The third-order valence-electron chi connectivity index (χ3n) is 3.56. The maximum atomic E-state index is 9.25. The number of imidazole rings is 1. The molecular weight excluding hydrogens is 214 g/mol. The zero-order chi connectivity index (χ0) is 11.9. The second-order valence-corrected chi connectivity index (χ2v) is 5.07. The number of aromatic nitrogens is 2. The summed E-state index contributed by atoms with van der Waals surface area (Å²) in [5, 5.41) is 12.6. The van der Waals surface area contributed by atoms with E-state index in [4.69, 9.17) is 0 Å². The van der Waals surface area contributed by atoms with Gasteiger partial charge in [0, 0.05) is 17.6 Å². The van der Waals surface area contributed by atoms with E-state index in [1.807, 2.05) is 19.1 Å². The number of benzene rings is 1. The van der Waals surface area contributed by atoms with Gasteiger partial charge in [-0.25, -0.2) is 4.98 Å². The molecule has 17 heavy (non-hydrogen) atoms. The quantitative estimate of drug-likeness (QED) is 0.754. The molecule has 0 radical (unpaired) electrons. The van der Waals surface area contributed by atoms with Crippen LogP contribution in [-0.4, -0.2) is 28.2 Å². The highest BCUT2D eigenvalue weighted by molar-refractivity contribution is 5.79. The summed E-state index contributed by atoms with van der Waals surface area (Å²) in [6, 6.07) is 6.12. The Hall–Kier alpha value is -1.55. The molecule has 0 bridgehead atoms. The molecule has 4 heteroatoms. The third kappa shape index (κ3) is 2.00. The lowest BCUT2D eigenvalue weighted by Gasteiger charge is -2.13. The number of aliphatic hydroxyl groups excluding tert-OH is 1. The molecule has 0 unspecified atom stereocenters. The number of anilines is 1. The molecule has 0 amide bonds.